The van der Waals surface area contributed by atoms with Crippen molar-refractivity contribution in [2.45, 2.75) is 6.92 Å². The van der Waals surface area contributed by atoms with Crippen LogP contribution in [0.1, 0.15) is 11.1 Å². The third kappa shape index (κ3) is 4.17. The largest absolute Gasteiger partial charge is 0.321 e. The molecule has 0 fully saturated rings. The normalized spacial score (nSPS) is 10.6. The fourth-order valence-corrected chi connectivity index (χ4v) is 2.06. The summed E-state index contributed by atoms with van der Waals surface area (Å²) < 4.78 is 0. The highest BCUT2D eigenvalue weighted by molar-refractivity contribution is 6.33. The molecule has 0 aliphatic rings. The van der Waals surface area contributed by atoms with E-state index in [-0.39, 0.29) is 11.6 Å². The van der Waals surface area contributed by atoms with Gasteiger partial charge in [0.15, 0.2) is 0 Å². The molecule has 2 rings (SSSR count). The van der Waals surface area contributed by atoms with E-state index in [2.05, 4.69) is 5.32 Å². The lowest BCUT2D eigenvalue weighted by Gasteiger charge is -2.05. The van der Waals surface area contributed by atoms with Crippen LogP contribution in [-0.2, 0) is 4.79 Å². The zero-order chi connectivity index (χ0) is 16.1. The quantitative estimate of drug-likeness (QED) is 0.521. The molecule has 0 saturated heterocycles. The third-order valence-electron chi connectivity index (χ3n) is 2.91. The van der Waals surface area contributed by atoms with Crippen molar-refractivity contribution >= 4 is 35.0 Å². The Morgan fingerprint density at radius 2 is 1.91 bits per heavy atom. The summed E-state index contributed by atoms with van der Waals surface area (Å²) in [6, 6.07) is 11.2. The fourth-order valence-electron chi connectivity index (χ4n) is 1.77. The van der Waals surface area contributed by atoms with Gasteiger partial charge in [-0.05, 0) is 48.4 Å². The number of nitro groups is 1. The molecule has 1 N–H and O–H groups in total. The Morgan fingerprint density at radius 3 is 2.50 bits per heavy atom. The minimum Gasteiger partial charge on any atom is -0.321 e. The molecule has 0 unspecified atom stereocenters. The van der Waals surface area contributed by atoms with Crippen LogP contribution in [0.5, 0.6) is 0 Å². The van der Waals surface area contributed by atoms with Crippen LogP contribution in [0.4, 0.5) is 11.4 Å². The summed E-state index contributed by atoms with van der Waals surface area (Å²) in [5.41, 5.74) is 2.24. The van der Waals surface area contributed by atoms with E-state index in [4.69, 9.17) is 11.6 Å². The first-order chi connectivity index (χ1) is 10.5. The Kier molecular flexibility index (Phi) is 4.91. The second-order valence-electron chi connectivity index (χ2n) is 4.65. The van der Waals surface area contributed by atoms with E-state index in [1.54, 1.807) is 30.3 Å². The minimum absolute atomic E-state index is 0.00744. The Labute approximate surface area is 132 Å². The van der Waals surface area contributed by atoms with Gasteiger partial charge in [0.05, 0.1) is 15.6 Å². The van der Waals surface area contributed by atoms with E-state index < -0.39 is 4.92 Å². The molecule has 6 heteroatoms. The van der Waals surface area contributed by atoms with Crippen molar-refractivity contribution < 1.29 is 9.72 Å². The molecule has 0 radical (unpaired) electrons. The molecular weight excluding hydrogens is 304 g/mol. The molecule has 0 heterocycles. The second kappa shape index (κ2) is 6.87. The molecule has 0 spiro atoms. The summed E-state index contributed by atoms with van der Waals surface area (Å²) in [6.07, 6.45) is 2.92. The van der Waals surface area contributed by atoms with E-state index in [1.165, 1.54) is 18.2 Å². The molecule has 2 aromatic carbocycles. The van der Waals surface area contributed by atoms with Crippen LogP contribution < -0.4 is 5.32 Å². The lowest BCUT2D eigenvalue weighted by Crippen LogP contribution is -2.08. The molecule has 0 atom stereocenters. The molecule has 0 aromatic heterocycles. The number of nitrogens with one attached hydrogen (secondary N) is 1. The number of aryl methyl sites for hydroxylation is 1. The molecule has 0 aliphatic carbocycles. The van der Waals surface area contributed by atoms with Crippen molar-refractivity contribution in [2.75, 3.05) is 5.32 Å². The highest BCUT2D eigenvalue weighted by Gasteiger charge is 2.04. The van der Waals surface area contributed by atoms with Crippen molar-refractivity contribution in [1.29, 1.82) is 0 Å². The highest BCUT2D eigenvalue weighted by Crippen LogP contribution is 2.22. The number of halogens is 1. The van der Waals surface area contributed by atoms with Crippen molar-refractivity contribution in [3.05, 3.63) is 74.8 Å². The number of nitro benzene ring substituents is 1. The predicted octanol–water partition coefficient (Wildman–Crippen LogP) is 4.21. The molecule has 0 saturated carbocycles. The Balaban J connectivity index is 2.03. The first-order valence-electron chi connectivity index (χ1n) is 6.45. The number of nitrogens with zero attached hydrogens (tertiary/aromatic N) is 1. The van der Waals surface area contributed by atoms with Gasteiger partial charge < -0.3 is 5.32 Å². The fraction of sp³-hybridized carbons (Fsp3) is 0.0625. The standard InChI is InChI=1S/C16H13ClN2O3/c1-11-2-8-15(14(17)10-11)18-16(20)9-5-12-3-6-13(7-4-12)19(21)22/h2-10H,1H3,(H,18,20). The molecular formula is C16H13ClN2O3. The molecule has 1 amide bonds. The molecule has 0 bridgehead atoms. The van der Waals surface area contributed by atoms with Crippen LogP contribution in [0.2, 0.25) is 5.02 Å². The Bertz CT molecular complexity index is 740. The highest BCUT2D eigenvalue weighted by atomic mass is 35.5. The minimum atomic E-state index is -0.473. The summed E-state index contributed by atoms with van der Waals surface area (Å²) in [4.78, 5) is 21.9. The maximum atomic E-state index is 11.8. The number of anilines is 1. The zero-order valence-corrected chi connectivity index (χ0v) is 12.5. The van der Waals surface area contributed by atoms with Gasteiger partial charge in [-0.15, -0.1) is 0 Å². The lowest BCUT2D eigenvalue weighted by molar-refractivity contribution is -0.384. The summed E-state index contributed by atoms with van der Waals surface area (Å²) in [5.74, 6) is -0.330. The van der Waals surface area contributed by atoms with Crippen LogP contribution in [0.3, 0.4) is 0 Å². The van der Waals surface area contributed by atoms with Crippen molar-refractivity contribution in [3.8, 4) is 0 Å². The monoisotopic (exact) mass is 316 g/mol. The molecule has 5 nitrogen and oxygen atoms in total. The van der Waals surface area contributed by atoms with Gasteiger partial charge in [-0.25, -0.2) is 0 Å². The summed E-state index contributed by atoms with van der Waals surface area (Å²) >= 11 is 6.04. The molecule has 0 aliphatic heterocycles. The average molecular weight is 317 g/mol. The molecule has 112 valence electrons. The lowest BCUT2D eigenvalue weighted by atomic mass is 10.2. The zero-order valence-electron chi connectivity index (χ0n) is 11.7. The number of carbonyl (C=O) groups is 1. The summed E-state index contributed by atoms with van der Waals surface area (Å²) in [5, 5.41) is 13.7. The molecule has 22 heavy (non-hydrogen) atoms. The third-order valence-corrected chi connectivity index (χ3v) is 3.23. The van der Waals surface area contributed by atoms with Gasteiger partial charge in [-0.1, -0.05) is 17.7 Å². The van der Waals surface area contributed by atoms with Gasteiger partial charge >= 0.3 is 0 Å². The van der Waals surface area contributed by atoms with E-state index >= 15 is 0 Å². The Hall–Kier alpha value is -2.66. The van der Waals surface area contributed by atoms with Crippen molar-refractivity contribution in [3.63, 3.8) is 0 Å². The number of rotatable bonds is 4. The number of non-ortho nitro benzene ring substituents is 1. The smallest absolute Gasteiger partial charge is 0.269 e. The van der Waals surface area contributed by atoms with Gasteiger partial charge in [-0.3, -0.25) is 14.9 Å². The van der Waals surface area contributed by atoms with E-state index in [1.807, 2.05) is 13.0 Å². The van der Waals surface area contributed by atoms with E-state index in [0.717, 1.165) is 5.56 Å². The van der Waals surface area contributed by atoms with Gasteiger partial charge in [0, 0.05) is 18.2 Å². The van der Waals surface area contributed by atoms with Gasteiger partial charge in [0.2, 0.25) is 5.91 Å². The van der Waals surface area contributed by atoms with Gasteiger partial charge in [0.25, 0.3) is 5.69 Å². The Morgan fingerprint density at radius 1 is 1.23 bits per heavy atom. The number of hydrogen-bond donors (Lipinski definition) is 1. The van der Waals surface area contributed by atoms with Crippen LogP contribution >= 0.6 is 11.6 Å². The first-order valence-corrected chi connectivity index (χ1v) is 6.83. The van der Waals surface area contributed by atoms with Crippen LogP contribution in [0.15, 0.2) is 48.5 Å². The van der Waals surface area contributed by atoms with E-state index in [9.17, 15) is 14.9 Å². The maximum Gasteiger partial charge on any atom is 0.269 e. The predicted molar refractivity (Wildman–Crippen MR) is 86.9 cm³/mol. The molecule has 2 aromatic rings. The van der Waals surface area contributed by atoms with Crippen molar-refractivity contribution in [2.24, 2.45) is 0 Å². The van der Waals surface area contributed by atoms with Crippen molar-refractivity contribution in [1.82, 2.24) is 0 Å². The maximum absolute atomic E-state index is 11.8. The number of hydrogen-bond acceptors (Lipinski definition) is 3. The first kappa shape index (κ1) is 15.7. The topological polar surface area (TPSA) is 72.2 Å². The van der Waals surface area contributed by atoms with Crippen LogP contribution in [0.25, 0.3) is 6.08 Å². The summed E-state index contributed by atoms with van der Waals surface area (Å²) in [7, 11) is 0. The number of benzene rings is 2. The van der Waals surface area contributed by atoms with E-state index in [0.29, 0.717) is 16.3 Å². The van der Waals surface area contributed by atoms with Crippen LogP contribution in [-0.4, -0.2) is 10.8 Å². The van der Waals surface area contributed by atoms with Gasteiger partial charge in [0.1, 0.15) is 0 Å². The summed E-state index contributed by atoms with van der Waals surface area (Å²) in [6.45, 7) is 1.91. The number of amides is 1. The van der Waals surface area contributed by atoms with Crippen LogP contribution in [0, 0.1) is 17.0 Å². The SMILES string of the molecule is Cc1ccc(NC(=O)C=Cc2ccc([N+](=O)[O-])cc2)c(Cl)c1. The average Bonchev–Trinajstić information content (AvgIpc) is 2.48. The number of carbonyl (C=O) groups excluding carboxylic acids is 1. The van der Waals surface area contributed by atoms with Gasteiger partial charge in [-0.2, -0.15) is 0 Å². The second-order valence-corrected chi connectivity index (χ2v) is 5.06.